The molecule has 26 heavy (non-hydrogen) atoms. The van der Waals surface area contributed by atoms with Crippen LogP contribution in [0.1, 0.15) is 5.82 Å². The summed E-state index contributed by atoms with van der Waals surface area (Å²) in [6.07, 6.45) is 3.35. The number of thiophene rings is 1. The summed E-state index contributed by atoms with van der Waals surface area (Å²) < 4.78 is 29.2. The lowest BCUT2D eigenvalue weighted by atomic mass is 10.3. The minimum Gasteiger partial charge on any atom is -0.356 e. The van der Waals surface area contributed by atoms with Crippen molar-refractivity contribution in [3.63, 3.8) is 0 Å². The van der Waals surface area contributed by atoms with Crippen LogP contribution in [0.5, 0.6) is 0 Å². The van der Waals surface area contributed by atoms with Crippen LogP contribution in [0.4, 0.5) is 0 Å². The largest absolute Gasteiger partial charge is 0.356 e. The van der Waals surface area contributed by atoms with Gasteiger partial charge in [0.2, 0.25) is 10.0 Å². The van der Waals surface area contributed by atoms with Crippen LogP contribution < -0.4 is 5.56 Å². The average Bonchev–Trinajstić information content (AvgIpc) is 3.25. The highest BCUT2D eigenvalue weighted by molar-refractivity contribution is 7.89. The number of piperazine rings is 1. The second kappa shape index (κ2) is 6.62. The first-order valence-corrected chi connectivity index (χ1v) is 10.6. The highest BCUT2D eigenvalue weighted by Gasteiger charge is 2.29. The Hall–Kier alpha value is -2.01. The highest BCUT2D eigenvalue weighted by atomic mass is 32.2. The zero-order chi connectivity index (χ0) is 18.3. The van der Waals surface area contributed by atoms with Crippen molar-refractivity contribution in [3.8, 4) is 0 Å². The van der Waals surface area contributed by atoms with E-state index < -0.39 is 10.0 Å². The van der Waals surface area contributed by atoms with Crippen molar-refractivity contribution in [2.24, 2.45) is 7.05 Å². The van der Waals surface area contributed by atoms with E-state index in [1.54, 1.807) is 30.1 Å². The van der Waals surface area contributed by atoms with Gasteiger partial charge in [-0.3, -0.25) is 9.69 Å². The molecule has 1 aliphatic rings. The molecule has 10 heteroatoms. The fourth-order valence-electron chi connectivity index (χ4n) is 3.12. The Balaban J connectivity index is 1.44. The van der Waals surface area contributed by atoms with E-state index in [1.165, 1.54) is 15.6 Å². The number of rotatable bonds is 4. The molecule has 1 fully saturated rings. The fourth-order valence-corrected chi connectivity index (χ4v) is 5.32. The van der Waals surface area contributed by atoms with E-state index in [0.717, 1.165) is 0 Å². The molecule has 0 atom stereocenters. The molecule has 1 saturated heterocycles. The van der Waals surface area contributed by atoms with Crippen molar-refractivity contribution in [1.82, 2.24) is 23.7 Å². The van der Waals surface area contributed by atoms with Gasteiger partial charge >= 0.3 is 0 Å². The Morgan fingerprint density at radius 1 is 1.23 bits per heavy atom. The van der Waals surface area contributed by atoms with Gasteiger partial charge in [-0.1, -0.05) is 0 Å². The molecule has 0 saturated carbocycles. The molecule has 1 N–H and O–H groups in total. The van der Waals surface area contributed by atoms with Crippen LogP contribution in [-0.4, -0.2) is 58.3 Å². The number of aryl methyl sites for hydroxylation is 1. The average molecular weight is 393 g/mol. The first kappa shape index (κ1) is 17.4. The number of sulfonamides is 1. The summed E-state index contributed by atoms with van der Waals surface area (Å²) in [7, 11) is -1.65. The van der Waals surface area contributed by atoms with Crippen LogP contribution in [0.15, 0.2) is 39.6 Å². The van der Waals surface area contributed by atoms with Crippen molar-refractivity contribution in [1.29, 1.82) is 0 Å². The topological polar surface area (TPSA) is 91.3 Å². The molecule has 0 bridgehead atoms. The van der Waals surface area contributed by atoms with Crippen LogP contribution in [-0.2, 0) is 23.6 Å². The van der Waals surface area contributed by atoms with E-state index in [9.17, 15) is 13.2 Å². The zero-order valence-electron chi connectivity index (χ0n) is 14.3. The van der Waals surface area contributed by atoms with E-state index in [2.05, 4.69) is 14.9 Å². The Kier molecular flexibility index (Phi) is 4.43. The number of fused-ring (bicyclic) bond motifs is 1. The lowest BCUT2D eigenvalue weighted by Crippen LogP contribution is -2.48. The molecular weight excluding hydrogens is 374 g/mol. The maximum atomic E-state index is 12.7. The van der Waals surface area contributed by atoms with Gasteiger partial charge in [0.1, 0.15) is 10.5 Å². The lowest BCUT2D eigenvalue weighted by molar-refractivity contribution is 0.178. The summed E-state index contributed by atoms with van der Waals surface area (Å²) in [6, 6.07) is 3.45. The minimum atomic E-state index is -3.45. The second-order valence-corrected chi connectivity index (χ2v) is 9.19. The van der Waals surface area contributed by atoms with Gasteiger partial charge in [0.15, 0.2) is 0 Å². The van der Waals surface area contributed by atoms with Crippen molar-refractivity contribution < 1.29 is 8.42 Å². The second-order valence-electron chi connectivity index (χ2n) is 6.34. The van der Waals surface area contributed by atoms with Gasteiger partial charge in [-0.05, 0) is 17.5 Å². The molecule has 4 heterocycles. The fraction of sp³-hybridized carbons (Fsp3) is 0.375. The maximum Gasteiger partial charge on any atom is 0.268 e. The summed E-state index contributed by atoms with van der Waals surface area (Å²) in [6.45, 7) is 2.53. The third-order valence-electron chi connectivity index (χ3n) is 4.51. The summed E-state index contributed by atoms with van der Waals surface area (Å²) in [4.78, 5) is 21.8. The van der Waals surface area contributed by atoms with Gasteiger partial charge < -0.3 is 9.55 Å². The number of hydrogen-bond acceptors (Lipinski definition) is 6. The molecule has 0 amide bonds. The number of aromatic amines is 1. The molecule has 8 nitrogen and oxygen atoms in total. The summed E-state index contributed by atoms with van der Waals surface area (Å²) >= 11 is 1.38. The Morgan fingerprint density at radius 2 is 2.00 bits per heavy atom. The van der Waals surface area contributed by atoms with Crippen LogP contribution in [0.2, 0.25) is 0 Å². The molecule has 0 radical (unpaired) electrons. The predicted molar refractivity (Wildman–Crippen MR) is 99.7 cm³/mol. The number of hydrogen-bond donors (Lipinski definition) is 1. The SMILES string of the molecule is Cn1ccc(S(=O)(=O)N2CCN(Cc3nc4ccsc4c(=O)[nH]3)CC2)c1. The third-order valence-corrected chi connectivity index (χ3v) is 7.30. The molecular formula is C16H19N5O3S2. The molecule has 0 aromatic carbocycles. The molecule has 3 aromatic heterocycles. The lowest BCUT2D eigenvalue weighted by Gasteiger charge is -2.33. The molecule has 1 aliphatic heterocycles. The van der Waals surface area contributed by atoms with Crippen molar-refractivity contribution >= 4 is 31.6 Å². The zero-order valence-corrected chi connectivity index (χ0v) is 15.9. The van der Waals surface area contributed by atoms with Crippen molar-refractivity contribution in [2.75, 3.05) is 26.2 Å². The van der Waals surface area contributed by atoms with E-state index in [1.807, 2.05) is 11.4 Å². The summed E-state index contributed by atoms with van der Waals surface area (Å²) in [5.74, 6) is 0.611. The minimum absolute atomic E-state index is 0.120. The molecule has 3 aromatic rings. The molecule has 0 spiro atoms. The van der Waals surface area contributed by atoms with E-state index >= 15 is 0 Å². The van der Waals surface area contributed by atoms with Gasteiger partial charge in [-0.15, -0.1) is 11.3 Å². The quantitative estimate of drug-likeness (QED) is 0.709. The summed E-state index contributed by atoms with van der Waals surface area (Å²) in [5, 5.41) is 1.85. The molecule has 0 aliphatic carbocycles. The van der Waals surface area contributed by atoms with Crippen LogP contribution in [0, 0.1) is 0 Å². The van der Waals surface area contributed by atoms with E-state index in [4.69, 9.17) is 0 Å². The van der Waals surface area contributed by atoms with Crippen molar-refractivity contribution in [3.05, 3.63) is 46.1 Å². The van der Waals surface area contributed by atoms with Gasteiger partial charge in [0, 0.05) is 45.6 Å². The Bertz CT molecular complexity index is 1090. The molecule has 4 rings (SSSR count). The predicted octanol–water partition coefficient (Wildman–Crippen LogP) is 0.830. The molecule has 0 unspecified atom stereocenters. The van der Waals surface area contributed by atoms with Gasteiger partial charge in [0.25, 0.3) is 5.56 Å². The maximum absolute atomic E-state index is 12.7. The van der Waals surface area contributed by atoms with Gasteiger partial charge in [0.05, 0.1) is 17.0 Å². The van der Waals surface area contributed by atoms with Crippen LogP contribution in [0.25, 0.3) is 10.2 Å². The van der Waals surface area contributed by atoms with Crippen LogP contribution in [0.3, 0.4) is 0 Å². The first-order valence-electron chi connectivity index (χ1n) is 8.24. The third kappa shape index (κ3) is 3.20. The highest BCUT2D eigenvalue weighted by Crippen LogP contribution is 2.19. The monoisotopic (exact) mass is 393 g/mol. The number of aromatic nitrogens is 3. The van der Waals surface area contributed by atoms with E-state index in [-0.39, 0.29) is 5.56 Å². The Labute approximate surface area is 154 Å². The van der Waals surface area contributed by atoms with Gasteiger partial charge in [-0.2, -0.15) is 4.31 Å². The normalized spacial score (nSPS) is 17.1. The van der Waals surface area contributed by atoms with Gasteiger partial charge in [-0.25, -0.2) is 13.4 Å². The first-order chi connectivity index (χ1) is 12.4. The van der Waals surface area contributed by atoms with Crippen molar-refractivity contribution in [2.45, 2.75) is 11.4 Å². The summed E-state index contributed by atoms with van der Waals surface area (Å²) in [5.41, 5.74) is 0.587. The van der Waals surface area contributed by atoms with Crippen LogP contribution >= 0.6 is 11.3 Å². The number of nitrogens with one attached hydrogen (secondary N) is 1. The molecule has 138 valence electrons. The Morgan fingerprint density at radius 3 is 2.69 bits per heavy atom. The standard InChI is InChI=1S/C16H19N5O3S2/c1-19-4-2-12(10-19)26(23,24)21-7-5-20(6-8-21)11-14-17-13-3-9-25-15(13)16(22)18-14/h2-4,9-10H,5-8,11H2,1H3,(H,17,18,22). The number of H-pyrrole nitrogens is 1. The number of nitrogens with zero attached hydrogens (tertiary/aromatic N) is 4. The van der Waals surface area contributed by atoms with E-state index in [0.29, 0.717) is 53.7 Å². The smallest absolute Gasteiger partial charge is 0.268 e.